The number of carbonyl (C=O) groups is 1. The molecule has 0 unspecified atom stereocenters. The normalized spacial score (nSPS) is 19.8. The number of hydrogen-bond donors (Lipinski definition) is 0. The van der Waals surface area contributed by atoms with Crippen molar-refractivity contribution in [3.05, 3.63) is 17.5 Å². The Morgan fingerprint density at radius 1 is 1.39 bits per heavy atom. The Bertz CT molecular complexity index is 493. The van der Waals surface area contributed by atoms with Crippen LogP contribution in [0.5, 0.6) is 0 Å². The molecule has 1 amide bonds. The van der Waals surface area contributed by atoms with E-state index in [9.17, 15) is 18.0 Å². The number of amides is 1. The molecule has 18 heavy (non-hydrogen) atoms. The number of halogens is 3. The number of alkyl halides is 3. The molecule has 0 aliphatic carbocycles. The largest absolute Gasteiger partial charge is 0.471 e. The van der Waals surface area contributed by atoms with Crippen LogP contribution in [-0.4, -0.2) is 40.0 Å². The van der Waals surface area contributed by atoms with Gasteiger partial charge in [0.2, 0.25) is 0 Å². The third-order valence-corrected chi connectivity index (χ3v) is 3.18. The first-order valence-corrected chi connectivity index (χ1v) is 5.46. The molecule has 0 N–H and O–H groups in total. The Morgan fingerprint density at radius 3 is 2.67 bits per heavy atom. The fourth-order valence-corrected chi connectivity index (χ4v) is 2.17. The molecular formula is C10H10F3N3O2. The van der Waals surface area contributed by atoms with E-state index < -0.39 is 12.1 Å². The SMILES string of the molecule is O=C(N1Cc2cnn(C3COC3)c2C1)C(F)(F)F. The molecule has 1 aromatic rings. The van der Waals surface area contributed by atoms with Gasteiger partial charge in [0, 0.05) is 12.1 Å². The van der Waals surface area contributed by atoms with Crippen LogP contribution in [0.25, 0.3) is 0 Å². The van der Waals surface area contributed by atoms with E-state index in [0.717, 1.165) is 4.90 Å². The quantitative estimate of drug-likeness (QED) is 0.753. The van der Waals surface area contributed by atoms with Crippen LogP contribution in [0.3, 0.4) is 0 Å². The minimum atomic E-state index is -4.82. The summed E-state index contributed by atoms with van der Waals surface area (Å²) in [5.74, 6) is -1.80. The van der Waals surface area contributed by atoms with E-state index in [4.69, 9.17) is 4.74 Å². The van der Waals surface area contributed by atoms with Gasteiger partial charge in [-0.15, -0.1) is 0 Å². The second kappa shape index (κ2) is 3.71. The number of carbonyl (C=O) groups excluding carboxylic acids is 1. The summed E-state index contributed by atoms with van der Waals surface area (Å²) in [5.41, 5.74) is 1.36. The number of ether oxygens (including phenoxy) is 1. The summed E-state index contributed by atoms with van der Waals surface area (Å²) in [6, 6.07) is 0.0784. The lowest BCUT2D eigenvalue weighted by atomic mass is 10.2. The first kappa shape index (κ1) is 11.5. The van der Waals surface area contributed by atoms with Crippen LogP contribution >= 0.6 is 0 Å². The number of hydrogen-bond acceptors (Lipinski definition) is 3. The molecule has 0 radical (unpaired) electrons. The Kier molecular flexibility index (Phi) is 2.37. The van der Waals surface area contributed by atoms with Crippen LogP contribution in [0, 0.1) is 0 Å². The van der Waals surface area contributed by atoms with Crippen molar-refractivity contribution < 1.29 is 22.7 Å². The second-order valence-electron chi connectivity index (χ2n) is 4.41. The maximum Gasteiger partial charge on any atom is 0.471 e. The van der Waals surface area contributed by atoms with E-state index in [1.54, 1.807) is 4.68 Å². The van der Waals surface area contributed by atoms with Gasteiger partial charge in [0.15, 0.2) is 0 Å². The van der Waals surface area contributed by atoms with Gasteiger partial charge >= 0.3 is 12.1 Å². The molecule has 1 aromatic heterocycles. The van der Waals surface area contributed by atoms with Gasteiger partial charge in [-0.1, -0.05) is 0 Å². The zero-order valence-corrected chi connectivity index (χ0v) is 9.28. The topological polar surface area (TPSA) is 47.4 Å². The molecule has 5 nitrogen and oxygen atoms in total. The highest BCUT2D eigenvalue weighted by Crippen LogP contribution is 2.30. The molecule has 1 fully saturated rings. The summed E-state index contributed by atoms with van der Waals surface area (Å²) in [6.45, 7) is 0.966. The standard InChI is InChI=1S/C10H10F3N3O2/c11-10(12,13)9(17)15-2-6-1-14-16(8(6)3-15)7-4-18-5-7/h1,7H,2-5H2. The Morgan fingerprint density at radius 2 is 2.11 bits per heavy atom. The van der Waals surface area contributed by atoms with Crippen LogP contribution in [-0.2, 0) is 22.6 Å². The molecule has 0 bridgehead atoms. The highest BCUT2D eigenvalue weighted by Gasteiger charge is 2.45. The minimum absolute atomic E-state index is 0.0265. The molecule has 3 heterocycles. The predicted octanol–water partition coefficient (Wildman–Crippen LogP) is 0.859. The van der Waals surface area contributed by atoms with Gasteiger partial charge in [-0.05, 0) is 0 Å². The molecule has 1 saturated heterocycles. The first-order chi connectivity index (χ1) is 8.47. The lowest BCUT2D eigenvalue weighted by Crippen LogP contribution is -2.38. The van der Waals surface area contributed by atoms with Crippen molar-refractivity contribution in [1.82, 2.24) is 14.7 Å². The minimum Gasteiger partial charge on any atom is -0.377 e. The molecule has 0 spiro atoms. The summed E-state index contributed by atoms with van der Waals surface area (Å²) >= 11 is 0. The molecule has 98 valence electrons. The molecular weight excluding hydrogens is 251 g/mol. The summed E-state index contributed by atoms with van der Waals surface area (Å²) in [5, 5.41) is 4.13. The number of rotatable bonds is 1. The van der Waals surface area contributed by atoms with Gasteiger partial charge in [0.1, 0.15) is 0 Å². The third kappa shape index (κ3) is 1.67. The van der Waals surface area contributed by atoms with Gasteiger partial charge in [-0.2, -0.15) is 18.3 Å². The third-order valence-electron chi connectivity index (χ3n) is 3.18. The van der Waals surface area contributed by atoms with E-state index in [2.05, 4.69) is 5.10 Å². The Labute approximate surface area is 100 Å². The Balaban J connectivity index is 1.79. The molecule has 0 aromatic carbocycles. The summed E-state index contributed by atoms with van der Waals surface area (Å²) < 4.78 is 43.7. The highest BCUT2D eigenvalue weighted by molar-refractivity contribution is 5.82. The van der Waals surface area contributed by atoms with Crippen LogP contribution < -0.4 is 0 Å². The second-order valence-corrected chi connectivity index (χ2v) is 4.41. The molecule has 0 saturated carbocycles. The van der Waals surface area contributed by atoms with Crippen molar-refractivity contribution in [2.24, 2.45) is 0 Å². The van der Waals surface area contributed by atoms with E-state index in [0.29, 0.717) is 24.5 Å². The van der Waals surface area contributed by atoms with E-state index in [-0.39, 0.29) is 19.1 Å². The van der Waals surface area contributed by atoms with Crippen molar-refractivity contribution in [2.75, 3.05) is 13.2 Å². The average molecular weight is 261 g/mol. The van der Waals surface area contributed by atoms with Gasteiger partial charge < -0.3 is 9.64 Å². The maximum atomic E-state index is 12.3. The number of aromatic nitrogens is 2. The lowest BCUT2D eigenvalue weighted by molar-refractivity contribution is -0.186. The molecule has 3 rings (SSSR count). The van der Waals surface area contributed by atoms with Crippen molar-refractivity contribution >= 4 is 5.91 Å². The Hall–Kier alpha value is -1.57. The van der Waals surface area contributed by atoms with E-state index in [1.165, 1.54) is 6.20 Å². The van der Waals surface area contributed by atoms with E-state index >= 15 is 0 Å². The average Bonchev–Trinajstić information content (AvgIpc) is 2.74. The molecule has 0 atom stereocenters. The monoisotopic (exact) mass is 261 g/mol. The summed E-state index contributed by atoms with van der Waals surface area (Å²) in [7, 11) is 0. The van der Waals surface area contributed by atoms with Crippen molar-refractivity contribution in [3.63, 3.8) is 0 Å². The van der Waals surface area contributed by atoms with Gasteiger partial charge in [-0.25, -0.2) is 0 Å². The van der Waals surface area contributed by atoms with Crippen LogP contribution in [0.2, 0.25) is 0 Å². The van der Waals surface area contributed by atoms with Gasteiger partial charge in [0.05, 0.1) is 37.7 Å². The summed E-state index contributed by atoms with van der Waals surface area (Å²) in [6.07, 6.45) is -3.29. The lowest BCUT2D eigenvalue weighted by Gasteiger charge is -2.28. The van der Waals surface area contributed by atoms with E-state index in [1.807, 2.05) is 0 Å². The summed E-state index contributed by atoms with van der Waals surface area (Å²) in [4.78, 5) is 11.9. The molecule has 2 aliphatic rings. The van der Waals surface area contributed by atoms with Gasteiger partial charge in [-0.3, -0.25) is 9.48 Å². The zero-order chi connectivity index (χ0) is 12.9. The van der Waals surface area contributed by atoms with Gasteiger partial charge in [0.25, 0.3) is 0 Å². The fourth-order valence-electron chi connectivity index (χ4n) is 2.17. The predicted molar refractivity (Wildman–Crippen MR) is 52.4 cm³/mol. The smallest absolute Gasteiger partial charge is 0.377 e. The van der Waals surface area contributed by atoms with Crippen LogP contribution in [0.1, 0.15) is 17.3 Å². The first-order valence-electron chi connectivity index (χ1n) is 5.46. The molecule has 2 aliphatic heterocycles. The van der Waals surface area contributed by atoms with Crippen molar-refractivity contribution in [3.8, 4) is 0 Å². The molecule has 8 heteroatoms. The zero-order valence-electron chi connectivity index (χ0n) is 9.28. The van der Waals surface area contributed by atoms with Crippen LogP contribution in [0.4, 0.5) is 13.2 Å². The fraction of sp³-hybridized carbons (Fsp3) is 0.600. The highest BCUT2D eigenvalue weighted by atomic mass is 19.4. The van der Waals surface area contributed by atoms with Crippen molar-refractivity contribution in [2.45, 2.75) is 25.3 Å². The van der Waals surface area contributed by atoms with Crippen LogP contribution in [0.15, 0.2) is 6.20 Å². The van der Waals surface area contributed by atoms with Crippen molar-refractivity contribution in [1.29, 1.82) is 0 Å². The number of fused-ring (bicyclic) bond motifs is 1. The maximum absolute atomic E-state index is 12.3. The number of nitrogens with zero attached hydrogens (tertiary/aromatic N) is 3.